The lowest BCUT2D eigenvalue weighted by molar-refractivity contribution is -0.121. The van der Waals surface area contributed by atoms with Gasteiger partial charge in [-0.05, 0) is 24.3 Å². The third kappa shape index (κ3) is 3.03. The van der Waals surface area contributed by atoms with Crippen LogP contribution in [0.2, 0.25) is 5.02 Å². The molecule has 1 aliphatic heterocycles. The number of hydrogen-bond donors (Lipinski definition) is 1. The minimum atomic E-state index is -0.419. The molecule has 7 heteroatoms. The summed E-state index contributed by atoms with van der Waals surface area (Å²) in [5, 5.41) is -0.0240. The smallest absolute Gasteiger partial charge is 0.247 e. The number of carbonyl (C=O) groups is 2. The largest absolute Gasteiger partial charge is 0.341 e. The van der Waals surface area contributed by atoms with Gasteiger partial charge in [-0.15, -0.1) is 11.8 Å². The molecule has 1 aliphatic rings. The monoisotopic (exact) mass is 371 g/mol. The predicted octanol–water partition coefficient (Wildman–Crippen LogP) is 3.78. The van der Waals surface area contributed by atoms with Crippen LogP contribution in [0.25, 0.3) is 11.0 Å². The average molecular weight is 372 g/mol. The van der Waals surface area contributed by atoms with Crippen molar-refractivity contribution in [2.45, 2.75) is 17.4 Å². The Morgan fingerprint density at radius 1 is 1.16 bits per heavy atom. The maximum atomic E-state index is 12.7. The molecule has 25 heavy (non-hydrogen) atoms. The molecule has 0 saturated carbocycles. The lowest BCUT2D eigenvalue weighted by Gasteiger charge is -2.16. The summed E-state index contributed by atoms with van der Waals surface area (Å²) in [6, 6.07) is 14.7. The molecule has 2 heterocycles. The molecule has 1 saturated heterocycles. The van der Waals surface area contributed by atoms with E-state index in [0.717, 1.165) is 16.9 Å². The summed E-state index contributed by atoms with van der Waals surface area (Å²) in [6.07, 6.45) is 0.176. The Bertz CT molecular complexity index is 939. The Labute approximate surface area is 153 Å². The first-order chi connectivity index (χ1) is 12.1. The van der Waals surface area contributed by atoms with Crippen LogP contribution in [-0.4, -0.2) is 27.0 Å². The standard InChI is InChI=1S/C18H14ClN3O2S/c19-11-5-1-4-8-14(11)22-17(23)9-15(18(22)24)25-10-16-20-12-6-2-3-7-13(12)21-16/h1-8,15H,9-10H2,(H,20,21)/t15-/m1/s1. The highest BCUT2D eigenvalue weighted by Crippen LogP contribution is 2.34. The quantitative estimate of drug-likeness (QED) is 0.709. The summed E-state index contributed by atoms with van der Waals surface area (Å²) < 4.78 is 0. The number of imide groups is 1. The molecule has 5 nitrogen and oxygen atoms in total. The molecule has 1 atom stereocenters. The second kappa shape index (κ2) is 6.54. The van der Waals surface area contributed by atoms with Crippen molar-refractivity contribution in [3.8, 4) is 0 Å². The van der Waals surface area contributed by atoms with Crippen LogP contribution < -0.4 is 4.90 Å². The van der Waals surface area contributed by atoms with E-state index in [1.54, 1.807) is 24.3 Å². The first-order valence-electron chi connectivity index (χ1n) is 7.80. The normalized spacial score (nSPS) is 17.6. The van der Waals surface area contributed by atoms with Crippen molar-refractivity contribution in [2.75, 3.05) is 4.90 Å². The number of thioether (sulfide) groups is 1. The minimum Gasteiger partial charge on any atom is -0.341 e. The average Bonchev–Trinajstić information content (AvgIpc) is 3.14. The Hall–Kier alpha value is -2.31. The summed E-state index contributed by atoms with van der Waals surface area (Å²) >= 11 is 7.55. The molecule has 0 radical (unpaired) electrons. The van der Waals surface area contributed by atoms with E-state index in [0.29, 0.717) is 16.5 Å². The molecule has 126 valence electrons. The highest BCUT2D eigenvalue weighted by Gasteiger charge is 2.40. The highest BCUT2D eigenvalue weighted by atomic mass is 35.5. The number of amides is 2. The summed E-state index contributed by atoms with van der Waals surface area (Å²) in [4.78, 5) is 33.9. The third-order valence-corrected chi connectivity index (χ3v) is 5.59. The van der Waals surface area contributed by atoms with Crippen molar-refractivity contribution >= 4 is 51.9 Å². The highest BCUT2D eigenvalue weighted by molar-refractivity contribution is 7.99. The number of imidazole rings is 1. The first-order valence-corrected chi connectivity index (χ1v) is 9.23. The molecule has 0 spiro atoms. The number of aromatic nitrogens is 2. The lowest BCUT2D eigenvalue weighted by Crippen LogP contribution is -2.31. The predicted molar refractivity (Wildman–Crippen MR) is 99.7 cm³/mol. The Morgan fingerprint density at radius 2 is 1.92 bits per heavy atom. The zero-order chi connectivity index (χ0) is 17.4. The van der Waals surface area contributed by atoms with Gasteiger partial charge < -0.3 is 4.98 Å². The lowest BCUT2D eigenvalue weighted by atomic mass is 10.3. The van der Waals surface area contributed by atoms with Crippen molar-refractivity contribution in [1.82, 2.24) is 9.97 Å². The van der Waals surface area contributed by atoms with Gasteiger partial charge in [0.05, 0.1) is 32.7 Å². The van der Waals surface area contributed by atoms with E-state index in [9.17, 15) is 9.59 Å². The maximum Gasteiger partial charge on any atom is 0.247 e. The first kappa shape index (κ1) is 16.2. The summed E-state index contributed by atoms with van der Waals surface area (Å²) in [7, 11) is 0. The molecule has 0 aliphatic carbocycles. The fourth-order valence-electron chi connectivity index (χ4n) is 2.87. The Balaban J connectivity index is 1.49. The molecule has 3 aromatic rings. The van der Waals surface area contributed by atoms with Crippen LogP contribution in [0, 0.1) is 0 Å². The van der Waals surface area contributed by atoms with Crippen molar-refractivity contribution in [3.63, 3.8) is 0 Å². The zero-order valence-corrected chi connectivity index (χ0v) is 14.7. The van der Waals surface area contributed by atoms with Gasteiger partial charge in [-0.2, -0.15) is 0 Å². The van der Waals surface area contributed by atoms with Crippen molar-refractivity contribution in [1.29, 1.82) is 0 Å². The van der Waals surface area contributed by atoms with Gasteiger partial charge in [-0.25, -0.2) is 9.88 Å². The van der Waals surface area contributed by atoms with Crippen LogP contribution >= 0.6 is 23.4 Å². The Morgan fingerprint density at radius 3 is 2.72 bits per heavy atom. The number of nitrogens with one attached hydrogen (secondary N) is 1. The van der Waals surface area contributed by atoms with Gasteiger partial charge in [0.1, 0.15) is 5.82 Å². The van der Waals surface area contributed by atoms with E-state index in [1.165, 1.54) is 16.7 Å². The van der Waals surface area contributed by atoms with Crippen molar-refractivity contribution in [3.05, 3.63) is 59.4 Å². The van der Waals surface area contributed by atoms with Crippen LogP contribution in [0.5, 0.6) is 0 Å². The molecule has 0 bridgehead atoms. The number of rotatable bonds is 4. The van der Waals surface area contributed by atoms with Gasteiger partial charge in [-0.3, -0.25) is 9.59 Å². The van der Waals surface area contributed by atoms with E-state index >= 15 is 0 Å². The number of hydrogen-bond acceptors (Lipinski definition) is 4. The number of fused-ring (bicyclic) bond motifs is 1. The number of anilines is 1. The fourth-order valence-corrected chi connectivity index (χ4v) is 4.10. The minimum absolute atomic E-state index is 0.176. The fraction of sp³-hybridized carbons (Fsp3) is 0.167. The number of nitrogens with zero attached hydrogens (tertiary/aromatic N) is 2. The second-order valence-corrected chi connectivity index (χ2v) is 7.32. The molecule has 1 N–H and O–H groups in total. The van der Waals surface area contributed by atoms with Gasteiger partial charge in [-0.1, -0.05) is 35.9 Å². The van der Waals surface area contributed by atoms with E-state index in [-0.39, 0.29) is 18.2 Å². The van der Waals surface area contributed by atoms with Gasteiger partial charge in [0.2, 0.25) is 11.8 Å². The zero-order valence-electron chi connectivity index (χ0n) is 13.1. The molecule has 2 aromatic carbocycles. The maximum absolute atomic E-state index is 12.7. The third-order valence-electron chi connectivity index (χ3n) is 4.06. The van der Waals surface area contributed by atoms with Gasteiger partial charge in [0.25, 0.3) is 0 Å². The number of carbonyl (C=O) groups excluding carboxylic acids is 2. The molecule has 4 rings (SSSR count). The van der Waals surface area contributed by atoms with Crippen LogP contribution in [-0.2, 0) is 15.3 Å². The van der Waals surface area contributed by atoms with E-state index in [4.69, 9.17) is 11.6 Å². The SMILES string of the molecule is O=C1C[C@@H](SCc2nc3ccccc3[nH]2)C(=O)N1c1ccccc1Cl. The number of benzene rings is 2. The van der Waals surface area contributed by atoms with Crippen LogP contribution in [0.15, 0.2) is 48.5 Å². The molecular weight excluding hydrogens is 358 g/mol. The van der Waals surface area contributed by atoms with Crippen LogP contribution in [0.4, 0.5) is 5.69 Å². The van der Waals surface area contributed by atoms with E-state index < -0.39 is 5.25 Å². The Kier molecular flexibility index (Phi) is 4.23. The van der Waals surface area contributed by atoms with E-state index in [2.05, 4.69) is 9.97 Å². The molecule has 2 amide bonds. The van der Waals surface area contributed by atoms with Gasteiger partial charge in [0.15, 0.2) is 0 Å². The van der Waals surface area contributed by atoms with E-state index in [1.807, 2.05) is 24.3 Å². The molecule has 1 fully saturated rings. The van der Waals surface area contributed by atoms with Crippen molar-refractivity contribution in [2.24, 2.45) is 0 Å². The number of aromatic amines is 1. The van der Waals surface area contributed by atoms with Crippen LogP contribution in [0.1, 0.15) is 12.2 Å². The molecule has 1 aromatic heterocycles. The van der Waals surface area contributed by atoms with Crippen LogP contribution in [0.3, 0.4) is 0 Å². The molecule has 0 unspecified atom stereocenters. The summed E-state index contributed by atoms with van der Waals surface area (Å²) in [5.41, 5.74) is 2.31. The number of H-pyrrole nitrogens is 1. The second-order valence-electron chi connectivity index (χ2n) is 5.72. The summed E-state index contributed by atoms with van der Waals surface area (Å²) in [6.45, 7) is 0. The van der Waals surface area contributed by atoms with Gasteiger partial charge >= 0.3 is 0 Å². The number of para-hydroxylation sites is 3. The van der Waals surface area contributed by atoms with Crippen molar-refractivity contribution < 1.29 is 9.59 Å². The molecular formula is C18H14ClN3O2S. The number of halogens is 1. The topological polar surface area (TPSA) is 66.1 Å². The van der Waals surface area contributed by atoms with Gasteiger partial charge in [0, 0.05) is 6.42 Å². The summed E-state index contributed by atoms with van der Waals surface area (Å²) in [5.74, 6) is 0.886.